The average molecular weight is 299 g/mol. The molecule has 0 saturated heterocycles. The molecule has 0 aliphatic heterocycles. The average Bonchev–Trinajstić information content (AvgIpc) is 2.89. The molecule has 0 fully saturated rings. The Labute approximate surface area is 121 Å². The number of nitrogens with one attached hydrogen (secondary N) is 1. The fraction of sp³-hybridized carbons (Fsp3) is 0.250. The lowest BCUT2D eigenvalue weighted by molar-refractivity contribution is 0.0947. The Morgan fingerprint density at radius 1 is 1.53 bits per heavy atom. The summed E-state index contributed by atoms with van der Waals surface area (Å²) >= 11 is 1.58. The SMILES string of the molecule is CC(CNC(=O)c1cccc(N)n1)c1nccs1.Cl. The third kappa shape index (κ3) is 4.18. The standard InChI is InChI=1S/C12H14N4OS.ClH/c1-8(12-14-5-6-18-12)7-15-11(17)9-3-2-4-10(13)16-9;/h2-6,8H,7H2,1H3,(H2,13,16)(H,15,17);1H. The number of rotatable bonds is 4. The summed E-state index contributed by atoms with van der Waals surface area (Å²) in [5, 5.41) is 5.76. The lowest BCUT2D eigenvalue weighted by Crippen LogP contribution is -2.28. The predicted octanol–water partition coefficient (Wildman–Crippen LogP) is 2.08. The zero-order valence-corrected chi connectivity index (χ0v) is 12.0. The fourth-order valence-electron chi connectivity index (χ4n) is 1.48. The lowest BCUT2D eigenvalue weighted by Gasteiger charge is -2.09. The van der Waals surface area contributed by atoms with E-state index in [0.717, 1.165) is 5.01 Å². The molecule has 2 heterocycles. The van der Waals surface area contributed by atoms with Gasteiger partial charge in [-0.2, -0.15) is 0 Å². The first kappa shape index (κ1) is 15.4. The van der Waals surface area contributed by atoms with E-state index in [9.17, 15) is 4.79 Å². The molecule has 2 rings (SSSR count). The molecule has 3 N–H and O–H groups in total. The summed E-state index contributed by atoms with van der Waals surface area (Å²) in [6.45, 7) is 2.55. The van der Waals surface area contributed by atoms with Crippen LogP contribution in [-0.2, 0) is 0 Å². The van der Waals surface area contributed by atoms with Crippen molar-refractivity contribution in [2.45, 2.75) is 12.8 Å². The van der Waals surface area contributed by atoms with Gasteiger partial charge in [0.05, 0.1) is 5.01 Å². The second-order valence-corrected chi connectivity index (χ2v) is 4.86. The van der Waals surface area contributed by atoms with Gasteiger partial charge in [0.15, 0.2) is 0 Å². The fourth-order valence-corrected chi connectivity index (χ4v) is 2.18. The minimum atomic E-state index is -0.217. The zero-order chi connectivity index (χ0) is 13.0. The largest absolute Gasteiger partial charge is 0.384 e. The van der Waals surface area contributed by atoms with Crippen LogP contribution in [0, 0.1) is 0 Å². The van der Waals surface area contributed by atoms with E-state index in [1.54, 1.807) is 35.7 Å². The molecule has 7 heteroatoms. The highest BCUT2D eigenvalue weighted by atomic mass is 35.5. The Morgan fingerprint density at radius 2 is 2.32 bits per heavy atom. The number of nitrogens with two attached hydrogens (primary N) is 1. The van der Waals surface area contributed by atoms with Crippen molar-refractivity contribution in [2.24, 2.45) is 0 Å². The maximum Gasteiger partial charge on any atom is 0.269 e. The van der Waals surface area contributed by atoms with E-state index >= 15 is 0 Å². The van der Waals surface area contributed by atoms with E-state index in [1.165, 1.54) is 0 Å². The van der Waals surface area contributed by atoms with Gasteiger partial charge < -0.3 is 11.1 Å². The Hall–Kier alpha value is -1.66. The molecular weight excluding hydrogens is 284 g/mol. The van der Waals surface area contributed by atoms with Crippen LogP contribution in [0.1, 0.15) is 28.3 Å². The first-order chi connectivity index (χ1) is 8.66. The van der Waals surface area contributed by atoms with Crippen molar-refractivity contribution in [2.75, 3.05) is 12.3 Å². The maximum atomic E-state index is 11.8. The number of thiazole rings is 1. The normalized spacial score (nSPS) is 11.4. The van der Waals surface area contributed by atoms with Crippen LogP contribution in [-0.4, -0.2) is 22.4 Å². The van der Waals surface area contributed by atoms with E-state index in [2.05, 4.69) is 15.3 Å². The molecule has 1 unspecified atom stereocenters. The number of hydrogen-bond donors (Lipinski definition) is 2. The zero-order valence-electron chi connectivity index (χ0n) is 10.4. The van der Waals surface area contributed by atoms with Gasteiger partial charge in [0.1, 0.15) is 11.5 Å². The number of halogens is 1. The van der Waals surface area contributed by atoms with Crippen molar-refractivity contribution in [3.63, 3.8) is 0 Å². The monoisotopic (exact) mass is 298 g/mol. The Balaban J connectivity index is 0.00000180. The highest BCUT2D eigenvalue weighted by molar-refractivity contribution is 7.09. The van der Waals surface area contributed by atoms with E-state index in [4.69, 9.17) is 5.73 Å². The molecule has 2 aromatic heterocycles. The smallest absolute Gasteiger partial charge is 0.269 e. The first-order valence-corrected chi connectivity index (χ1v) is 6.45. The molecule has 102 valence electrons. The molecule has 0 radical (unpaired) electrons. The van der Waals surface area contributed by atoms with Gasteiger partial charge >= 0.3 is 0 Å². The maximum absolute atomic E-state index is 11.8. The molecule has 2 aromatic rings. The summed E-state index contributed by atoms with van der Waals surface area (Å²) in [4.78, 5) is 20.0. The van der Waals surface area contributed by atoms with Crippen molar-refractivity contribution < 1.29 is 4.79 Å². The Bertz CT molecular complexity index is 532. The van der Waals surface area contributed by atoms with Gasteiger partial charge in [-0.25, -0.2) is 9.97 Å². The van der Waals surface area contributed by atoms with Crippen LogP contribution in [0.5, 0.6) is 0 Å². The van der Waals surface area contributed by atoms with Crippen LogP contribution >= 0.6 is 23.7 Å². The van der Waals surface area contributed by atoms with E-state index in [-0.39, 0.29) is 24.2 Å². The number of carbonyl (C=O) groups excluding carboxylic acids is 1. The third-order valence-electron chi connectivity index (χ3n) is 2.45. The molecule has 1 amide bonds. The minimum Gasteiger partial charge on any atom is -0.384 e. The molecular formula is C12H15ClN4OS. The number of anilines is 1. The Morgan fingerprint density at radius 3 is 2.95 bits per heavy atom. The summed E-state index contributed by atoms with van der Waals surface area (Å²) in [5.74, 6) is 0.316. The molecule has 0 aromatic carbocycles. The van der Waals surface area contributed by atoms with E-state index in [0.29, 0.717) is 18.1 Å². The number of nitrogen functional groups attached to an aromatic ring is 1. The van der Waals surface area contributed by atoms with Crippen LogP contribution in [0.25, 0.3) is 0 Å². The topological polar surface area (TPSA) is 80.9 Å². The molecule has 0 bridgehead atoms. The summed E-state index contributed by atoms with van der Waals surface area (Å²) in [6, 6.07) is 5.00. The van der Waals surface area contributed by atoms with Gasteiger partial charge in [0.2, 0.25) is 0 Å². The number of nitrogens with zero attached hydrogens (tertiary/aromatic N) is 2. The second kappa shape index (κ2) is 7.06. The van der Waals surface area contributed by atoms with Crippen molar-refractivity contribution in [3.8, 4) is 0 Å². The summed E-state index contributed by atoms with van der Waals surface area (Å²) in [6.07, 6.45) is 1.76. The van der Waals surface area contributed by atoms with E-state index < -0.39 is 0 Å². The van der Waals surface area contributed by atoms with Gasteiger partial charge in [0, 0.05) is 24.0 Å². The van der Waals surface area contributed by atoms with Crippen molar-refractivity contribution in [3.05, 3.63) is 40.5 Å². The third-order valence-corrected chi connectivity index (χ3v) is 3.45. The van der Waals surface area contributed by atoms with Crippen molar-refractivity contribution in [1.82, 2.24) is 15.3 Å². The molecule has 0 spiro atoms. The number of pyridine rings is 1. The Kier molecular flexibility index (Phi) is 5.72. The predicted molar refractivity (Wildman–Crippen MR) is 78.8 cm³/mol. The second-order valence-electron chi connectivity index (χ2n) is 3.93. The van der Waals surface area contributed by atoms with Crippen LogP contribution < -0.4 is 11.1 Å². The molecule has 19 heavy (non-hydrogen) atoms. The molecule has 0 aliphatic carbocycles. The summed E-state index contributed by atoms with van der Waals surface area (Å²) < 4.78 is 0. The van der Waals surface area contributed by atoms with Gasteiger partial charge in [-0.3, -0.25) is 4.79 Å². The van der Waals surface area contributed by atoms with Crippen LogP contribution in [0.15, 0.2) is 29.8 Å². The molecule has 5 nitrogen and oxygen atoms in total. The van der Waals surface area contributed by atoms with Crippen LogP contribution in [0.4, 0.5) is 5.82 Å². The van der Waals surface area contributed by atoms with Crippen LogP contribution in [0.2, 0.25) is 0 Å². The lowest BCUT2D eigenvalue weighted by atomic mass is 10.2. The number of amides is 1. The summed E-state index contributed by atoms with van der Waals surface area (Å²) in [5.41, 5.74) is 5.86. The molecule has 0 aliphatic rings. The minimum absolute atomic E-state index is 0. The van der Waals surface area contributed by atoms with Crippen LogP contribution in [0.3, 0.4) is 0 Å². The number of hydrogen-bond acceptors (Lipinski definition) is 5. The van der Waals surface area contributed by atoms with E-state index in [1.807, 2.05) is 12.3 Å². The number of carbonyl (C=O) groups is 1. The number of aromatic nitrogens is 2. The molecule has 0 saturated carbocycles. The highest BCUT2D eigenvalue weighted by Crippen LogP contribution is 2.16. The van der Waals surface area contributed by atoms with Gasteiger partial charge in [0.25, 0.3) is 5.91 Å². The van der Waals surface area contributed by atoms with Crippen molar-refractivity contribution >= 4 is 35.5 Å². The van der Waals surface area contributed by atoms with Crippen molar-refractivity contribution in [1.29, 1.82) is 0 Å². The summed E-state index contributed by atoms with van der Waals surface area (Å²) in [7, 11) is 0. The van der Waals surface area contributed by atoms with Gasteiger partial charge in [-0.05, 0) is 12.1 Å². The highest BCUT2D eigenvalue weighted by Gasteiger charge is 2.12. The molecule has 1 atom stereocenters. The van der Waals surface area contributed by atoms with Gasteiger partial charge in [-0.1, -0.05) is 13.0 Å². The first-order valence-electron chi connectivity index (χ1n) is 5.57. The van der Waals surface area contributed by atoms with Gasteiger partial charge in [-0.15, -0.1) is 23.7 Å². The quantitative estimate of drug-likeness (QED) is 0.905.